The van der Waals surface area contributed by atoms with Gasteiger partial charge in [0.05, 0.1) is 0 Å². The van der Waals surface area contributed by atoms with Crippen LogP contribution in [0, 0.1) is 0 Å². The van der Waals surface area contributed by atoms with Crippen LogP contribution in [0.15, 0.2) is 0 Å². The van der Waals surface area contributed by atoms with Gasteiger partial charge in [0, 0.05) is 13.8 Å². The fourth-order valence-electron chi connectivity index (χ4n) is 0.371. The highest BCUT2D eigenvalue weighted by Gasteiger charge is 1.92. The van der Waals surface area contributed by atoms with Crippen molar-refractivity contribution in [3.05, 3.63) is 0 Å². The highest BCUT2D eigenvalue weighted by Crippen LogP contribution is 1.81. The molecule has 0 radical (unpaired) electrons. The number of ether oxygens (including phenoxy) is 2. The summed E-state index contributed by atoms with van der Waals surface area (Å²) in [4.78, 5) is 10.2. The first-order chi connectivity index (χ1) is 4.63. The molecule has 0 aromatic carbocycles. The summed E-state index contributed by atoms with van der Waals surface area (Å²) in [6, 6.07) is 0. The summed E-state index contributed by atoms with van der Waals surface area (Å²) < 4.78 is 9.42. The van der Waals surface area contributed by atoms with Crippen molar-refractivity contribution in [1.82, 2.24) is 0 Å². The summed E-state index contributed by atoms with van der Waals surface area (Å²) in [5, 5.41) is 0.465. The Morgan fingerprint density at radius 2 is 1.80 bits per heavy atom. The molecule has 0 saturated carbocycles. The molecule has 0 bridgehead atoms. The highest BCUT2D eigenvalue weighted by atomic mass is 32.1. The van der Waals surface area contributed by atoms with E-state index < -0.39 is 0 Å². The monoisotopic (exact) mass is 162 g/mol. The molecule has 0 aromatic heterocycles. The van der Waals surface area contributed by atoms with Crippen LogP contribution >= 0.6 is 12.2 Å². The molecule has 0 aliphatic carbocycles. The van der Waals surface area contributed by atoms with Gasteiger partial charge in [-0.3, -0.25) is 4.79 Å². The zero-order chi connectivity index (χ0) is 7.98. The maximum Gasteiger partial charge on any atom is 0.302 e. The lowest BCUT2D eigenvalue weighted by Gasteiger charge is -2.02. The molecule has 0 unspecified atom stereocenters. The second-order valence-electron chi connectivity index (χ2n) is 1.68. The summed E-state index contributed by atoms with van der Waals surface area (Å²) in [5.74, 6) is -0.300. The Morgan fingerprint density at radius 1 is 1.30 bits per heavy atom. The Morgan fingerprint density at radius 3 is 2.20 bits per heavy atom. The zero-order valence-corrected chi connectivity index (χ0v) is 6.86. The summed E-state index contributed by atoms with van der Waals surface area (Å²) in [6.07, 6.45) is 0. The van der Waals surface area contributed by atoms with Crippen LogP contribution in [0.5, 0.6) is 0 Å². The van der Waals surface area contributed by atoms with Gasteiger partial charge < -0.3 is 9.47 Å². The maximum absolute atomic E-state index is 10.2. The van der Waals surface area contributed by atoms with Crippen LogP contribution in [-0.4, -0.2) is 24.2 Å². The lowest BCUT2D eigenvalue weighted by Crippen LogP contribution is -2.08. The standard InChI is InChI=1S/C6H10O3S/c1-5(7)8-3-4-9-6(2)10/h3-4H2,1-2H3. The van der Waals surface area contributed by atoms with E-state index >= 15 is 0 Å². The topological polar surface area (TPSA) is 35.5 Å². The first-order valence-electron chi connectivity index (χ1n) is 2.89. The number of carbonyl (C=O) groups is 1. The molecule has 4 heteroatoms. The smallest absolute Gasteiger partial charge is 0.302 e. The van der Waals surface area contributed by atoms with Crippen LogP contribution in [0.2, 0.25) is 0 Å². The summed E-state index contributed by atoms with van der Waals surface area (Å²) >= 11 is 4.61. The molecule has 3 nitrogen and oxygen atoms in total. The Labute approximate surface area is 65.3 Å². The molecule has 0 amide bonds. The molecule has 0 spiro atoms. The molecule has 0 N–H and O–H groups in total. The molecular weight excluding hydrogens is 152 g/mol. The van der Waals surface area contributed by atoms with Gasteiger partial charge in [0.1, 0.15) is 13.2 Å². The van der Waals surface area contributed by atoms with E-state index in [1.165, 1.54) is 6.92 Å². The van der Waals surface area contributed by atoms with E-state index in [2.05, 4.69) is 17.0 Å². The third-order valence-corrected chi connectivity index (χ3v) is 0.812. The van der Waals surface area contributed by atoms with E-state index in [1.54, 1.807) is 6.92 Å². The van der Waals surface area contributed by atoms with Crippen molar-refractivity contribution in [2.45, 2.75) is 13.8 Å². The van der Waals surface area contributed by atoms with E-state index in [1.807, 2.05) is 0 Å². The molecule has 0 fully saturated rings. The van der Waals surface area contributed by atoms with E-state index in [-0.39, 0.29) is 12.6 Å². The minimum atomic E-state index is -0.300. The van der Waals surface area contributed by atoms with Gasteiger partial charge in [-0.2, -0.15) is 0 Å². The molecule has 0 rings (SSSR count). The molecule has 0 saturated heterocycles. The van der Waals surface area contributed by atoms with E-state index in [9.17, 15) is 4.79 Å². The fraction of sp³-hybridized carbons (Fsp3) is 0.667. The lowest BCUT2D eigenvalue weighted by molar-refractivity contribution is -0.141. The molecule has 0 atom stereocenters. The minimum absolute atomic E-state index is 0.267. The first kappa shape index (κ1) is 9.36. The first-order valence-corrected chi connectivity index (χ1v) is 3.30. The maximum atomic E-state index is 10.2. The van der Waals surface area contributed by atoms with Crippen molar-refractivity contribution in [3.8, 4) is 0 Å². The van der Waals surface area contributed by atoms with Gasteiger partial charge in [0.15, 0.2) is 5.05 Å². The predicted octanol–water partition coefficient (Wildman–Crippen LogP) is 0.913. The van der Waals surface area contributed by atoms with Crippen LogP contribution in [0.1, 0.15) is 13.8 Å². The molecule has 10 heavy (non-hydrogen) atoms. The number of esters is 1. The third-order valence-electron chi connectivity index (χ3n) is 0.694. The van der Waals surface area contributed by atoms with Gasteiger partial charge in [-0.25, -0.2) is 0 Å². The normalized spacial score (nSPS) is 8.60. The van der Waals surface area contributed by atoms with Crippen LogP contribution < -0.4 is 0 Å². The second kappa shape index (κ2) is 5.17. The average Bonchev–Trinajstić information content (AvgIpc) is 1.79. The molecule has 0 heterocycles. The Hall–Kier alpha value is -0.640. The van der Waals surface area contributed by atoms with Crippen molar-refractivity contribution in [2.24, 2.45) is 0 Å². The van der Waals surface area contributed by atoms with Gasteiger partial charge >= 0.3 is 5.97 Å². The highest BCUT2D eigenvalue weighted by molar-refractivity contribution is 7.80. The number of rotatable bonds is 3. The van der Waals surface area contributed by atoms with Crippen molar-refractivity contribution in [3.63, 3.8) is 0 Å². The third kappa shape index (κ3) is 7.36. The Bertz CT molecular complexity index is 117. The molecule has 0 aliphatic heterocycles. The SMILES string of the molecule is CC(=O)OCCOC(C)=S. The Balaban J connectivity index is 3.06. The summed E-state index contributed by atoms with van der Waals surface area (Å²) in [6.45, 7) is 3.63. The van der Waals surface area contributed by atoms with E-state index in [4.69, 9.17) is 4.74 Å². The van der Waals surface area contributed by atoms with Crippen LogP contribution in [0.4, 0.5) is 0 Å². The van der Waals surface area contributed by atoms with Crippen LogP contribution in [0.3, 0.4) is 0 Å². The summed E-state index contributed by atoms with van der Waals surface area (Å²) in [7, 11) is 0. The lowest BCUT2D eigenvalue weighted by atomic mass is 10.7. The average molecular weight is 162 g/mol. The van der Waals surface area contributed by atoms with Crippen molar-refractivity contribution in [2.75, 3.05) is 13.2 Å². The predicted molar refractivity (Wildman–Crippen MR) is 40.9 cm³/mol. The van der Waals surface area contributed by atoms with E-state index in [0.29, 0.717) is 11.7 Å². The van der Waals surface area contributed by atoms with Crippen molar-refractivity contribution >= 4 is 23.2 Å². The Kier molecular flexibility index (Phi) is 4.84. The van der Waals surface area contributed by atoms with Crippen LogP contribution in [0.25, 0.3) is 0 Å². The number of hydrogen-bond donors (Lipinski definition) is 0. The number of hydrogen-bond acceptors (Lipinski definition) is 4. The van der Waals surface area contributed by atoms with Crippen molar-refractivity contribution in [1.29, 1.82) is 0 Å². The number of carbonyl (C=O) groups excluding carboxylic acids is 1. The van der Waals surface area contributed by atoms with Crippen molar-refractivity contribution < 1.29 is 14.3 Å². The van der Waals surface area contributed by atoms with Gasteiger partial charge in [0.25, 0.3) is 0 Å². The molecule has 0 aromatic rings. The van der Waals surface area contributed by atoms with Gasteiger partial charge in [-0.15, -0.1) is 0 Å². The van der Waals surface area contributed by atoms with Crippen LogP contribution in [-0.2, 0) is 14.3 Å². The fourth-order valence-corrected chi connectivity index (χ4v) is 0.454. The minimum Gasteiger partial charge on any atom is -0.484 e. The molecular formula is C6H10O3S. The molecule has 58 valence electrons. The van der Waals surface area contributed by atoms with Gasteiger partial charge in [-0.05, 0) is 12.2 Å². The second-order valence-corrected chi connectivity index (χ2v) is 2.26. The van der Waals surface area contributed by atoms with Gasteiger partial charge in [-0.1, -0.05) is 0 Å². The van der Waals surface area contributed by atoms with Gasteiger partial charge in [0.2, 0.25) is 0 Å². The zero-order valence-electron chi connectivity index (χ0n) is 6.05. The molecule has 0 aliphatic rings. The van der Waals surface area contributed by atoms with E-state index in [0.717, 1.165) is 0 Å². The number of thiocarbonyl (C=S) groups is 1. The largest absolute Gasteiger partial charge is 0.484 e. The quantitative estimate of drug-likeness (QED) is 0.351. The summed E-state index contributed by atoms with van der Waals surface area (Å²) in [5.41, 5.74) is 0.